The van der Waals surface area contributed by atoms with Crippen LogP contribution >= 0.6 is 0 Å². The average molecular weight is 255 g/mol. The van der Waals surface area contributed by atoms with Crippen LogP contribution in [0, 0.1) is 10.8 Å². The third-order valence-electron chi connectivity index (χ3n) is 3.34. The van der Waals surface area contributed by atoms with E-state index in [0.717, 1.165) is 0 Å². The Balaban J connectivity index is 5.84. The molecule has 0 aliphatic carbocycles. The van der Waals surface area contributed by atoms with E-state index >= 15 is 0 Å². The zero-order valence-electron chi connectivity index (χ0n) is 15.0. The number of hydrogen-bond acceptors (Lipinski definition) is 1. The molecule has 0 saturated carbocycles. The lowest BCUT2D eigenvalue weighted by Gasteiger charge is -2.58. The minimum absolute atomic E-state index is 0.170. The number of hydrogen-bond donors (Lipinski definition) is 0. The molecule has 0 aromatic heterocycles. The van der Waals surface area contributed by atoms with Gasteiger partial charge in [-0.2, -0.15) is 0 Å². The van der Waals surface area contributed by atoms with Crippen LogP contribution < -0.4 is 0 Å². The third kappa shape index (κ3) is 4.57. The normalized spacial score (nSPS) is 15.7. The maximum Gasteiger partial charge on any atom is 0.0203 e. The Morgan fingerprint density at radius 2 is 0.722 bits per heavy atom. The van der Waals surface area contributed by atoms with Crippen molar-refractivity contribution in [1.82, 2.24) is 4.90 Å². The topological polar surface area (TPSA) is 3.24 Å². The second kappa shape index (κ2) is 4.81. The maximum atomic E-state index is 2.71. The van der Waals surface area contributed by atoms with Crippen molar-refractivity contribution < 1.29 is 0 Å². The summed E-state index contributed by atoms with van der Waals surface area (Å²) in [6.07, 6.45) is 0. The number of nitrogens with zero attached hydrogens (tertiary/aromatic N) is 1. The molecule has 0 rings (SSSR count). The van der Waals surface area contributed by atoms with Crippen LogP contribution in [0.1, 0.15) is 83.1 Å². The van der Waals surface area contributed by atoms with Crippen LogP contribution in [0.5, 0.6) is 0 Å². The molecule has 0 atom stereocenters. The lowest BCUT2D eigenvalue weighted by Crippen LogP contribution is -2.64. The summed E-state index contributed by atoms with van der Waals surface area (Å²) in [5.41, 5.74) is 0.866. The molecule has 0 heterocycles. The van der Waals surface area contributed by atoms with E-state index in [1.54, 1.807) is 0 Å². The molecule has 0 aromatic carbocycles. The maximum absolute atomic E-state index is 2.71. The van der Waals surface area contributed by atoms with Crippen molar-refractivity contribution in [3.05, 3.63) is 0 Å². The number of rotatable bonds is 1. The van der Waals surface area contributed by atoms with Gasteiger partial charge in [0.15, 0.2) is 0 Å². The van der Waals surface area contributed by atoms with E-state index in [-0.39, 0.29) is 21.9 Å². The van der Waals surface area contributed by atoms with E-state index in [4.69, 9.17) is 0 Å². The first kappa shape index (κ1) is 18.0. The van der Waals surface area contributed by atoms with Gasteiger partial charge in [0.2, 0.25) is 0 Å². The zero-order valence-corrected chi connectivity index (χ0v) is 15.0. The van der Waals surface area contributed by atoms with Gasteiger partial charge in [-0.15, -0.1) is 0 Å². The zero-order chi connectivity index (χ0) is 15.2. The molecule has 0 aromatic rings. The summed E-state index contributed by atoms with van der Waals surface area (Å²) in [5.74, 6) is 0. The van der Waals surface area contributed by atoms with Crippen LogP contribution in [-0.4, -0.2) is 22.0 Å². The van der Waals surface area contributed by atoms with Crippen molar-refractivity contribution in [3.63, 3.8) is 0 Å². The monoisotopic (exact) mass is 255 g/mol. The highest BCUT2D eigenvalue weighted by Crippen LogP contribution is 2.43. The van der Waals surface area contributed by atoms with Crippen molar-refractivity contribution in [2.24, 2.45) is 10.8 Å². The van der Waals surface area contributed by atoms with Crippen LogP contribution in [0.15, 0.2) is 0 Å². The van der Waals surface area contributed by atoms with Gasteiger partial charge in [-0.25, -0.2) is 0 Å². The van der Waals surface area contributed by atoms with Gasteiger partial charge in [0.1, 0.15) is 0 Å². The predicted molar refractivity (Wildman–Crippen MR) is 84.0 cm³/mol. The molecule has 0 amide bonds. The Morgan fingerprint density at radius 1 is 0.500 bits per heavy atom. The molecule has 18 heavy (non-hydrogen) atoms. The highest BCUT2D eigenvalue weighted by Gasteiger charge is 2.47. The Morgan fingerprint density at radius 3 is 0.778 bits per heavy atom. The first-order valence-corrected chi connectivity index (χ1v) is 7.28. The fourth-order valence-corrected chi connectivity index (χ4v) is 3.85. The highest BCUT2D eigenvalue weighted by atomic mass is 15.3. The second-order valence-electron chi connectivity index (χ2n) is 9.85. The molecule has 1 nitrogen and oxygen atoms in total. The van der Waals surface area contributed by atoms with E-state index < -0.39 is 0 Å². The van der Waals surface area contributed by atoms with Crippen molar-refractivity contribution in [1.29, 1.82) is 0 Å². The van der Waals surface area contributed by atoms with Crippen molar-refractivity contribution in [3.8, 4) is 0 Å². The first-order chi connectivity index (χ1) is 7.49. The summed E-state index contributed by atoms with van der Waals surface area (Å²) in [7, 11) is 0. The predicted octanol–water partition coefficient (Wildman–Crippen LogP) is 5.35. The van der Waals surface area contributed by atoms with Gasteiger partial charge in [0.05, 0.1) is 0 Å². The van der Waals surface area contributed by atoms with Gasteiger partial charge in [0.25, 0.3) is 0 Å². The quantitative estimate of drug-likeness (QED) is 0.611. The first-order valence-electron chi connectivity index (χ1n) is 7.28. The van der Waals surface area contributed by atoms with Crippen LogP contribution in [0.3, 0.4) is 0 Å². The third-order valence-corrected chi connectivity index (χ3v) is 3.34. The molecule has 0 saturated heterocycles. The van der Waals surface area contributed by atoms with Crippen molar-refractivity contribution in [2.45, 2.75) is 100 Å². The molecule has 0 aliphatic rings. The molecule has 0 fully saturated rings. The van der Waals surface area contributed by atoms with Crippen LogP contribution in [0.2, 0.25) is 0 Å². The molecule has 110 valence electrons. The molecule has 0 radical (unpaired) electrons. The van der Waals surface area contributed by atoms with Crippen molar-refractivity contribution >= 4 is 0 Å². The van der Waals surface area contributed by atoms with Gasteiger partial charge >= 0.3 is 0 Å². The summed E-state index contributed by atoms with van der Waals surface area (Å²) < 4.78 is 0. The molecule has 0 bridgehead atoms. The van der Waals surface area contributed by atoms with E-state index in [1.165, 1.54) is 0 Å². The van der Waals surface area contributed by atoms with Crippen LogP contribution in [-0.2, 0) is 0 Å². The summed E-state index contributed by atoms with van der Waals surface area (Å²) in [5, 5.41) is 0. The SMILES string of the molecule is CC(C)(C)C(N(C(C)(C)C)C(C)(C)C)C(C)(C)C. The summed E-state index contributed by atoms with van der Waals surface area (Å²) in [4.78, 5) is 2.71. The summed E-state index contributed by atoms with van der Waals surface area (Å²) in [6.45, 7) is 28.2. The molecular formula is C17H37N. The molecule has 0 spiro atoms. The van der Waals surface area contributed by atoms with Gasteiger partial charge in [-0.3, -0.25) is 4.90 Å². The lowest BCUT2D eigenvalue weighted by atomic mass is 9.68. The standard InChI is InChI=1S/C17H37N/c1-14(2,3)13(15(4,5)6)18(16(7,8)9)17(10,11)12/h13H,1-12H3. The Kier molecular flexibility index (Phi) is 4.80. The molecule has 0 aliphatic heterocycles. The van der Waals surface area contributed by atoms with Gasteiger partial charge in [-0.05, 0) is 52.4 Å². The van der Waals surface area contributed by atoms with Gasteiger partial charge < -0.3 is 0 Å². The highest BCUT2D eigenvalue weighted by molar-refractivity contribution is 5.00. The van der Waals surface area contributed by atoms with Crippen LogP contribution in [0.25, 0.3) is 0 Å². The lowest BCUT2D eigenvalue weighted by molar-refractivity contribution is -0.0914. The molecular weight excluding hydrogens is 218 g/mol. The molecule has 0 N–H and O–H groups in total. The second-order valence-corrected chi connectivity index (χ2v) is 9.85. The van der Waals surface area contributed by atoms with Crippen LogP contribution in [0.4, 0.5) is 0 Å². The van der Waals surface area contributed by atoms with Crippen molar-refractivity contribution in [2.75, 3.05) is 0 Å². The van der Waals surface area contributed by atoms with E-state index in [0.29, 0.717) is 6.04 Å². The van der Waals surface area contributed by atoms with Gasteiger partial charge in [0, 0.05) is 17.1 Å². The van der Waals surface area contributed by atoms with E-state index in [1.807, 2.05) is 0 Å². The van der Waals surface area contributed by atoms with E-state index in [2.05, 4.69) is 88.0 Å². The minimum atomic E-state index is 0.170. The Labute approximate surface area is 116 Å². The fraction of sp³-hybridized carbons (Fsp3) is 1.00. The smallest absolute Gasteiger partial charge is 0.0203 e. The minimum Gasteiger partial charge on any atom is -0.290 e. The Bertz CT molecular complexity index is 204. The summed E-state index contributed by atoms with van der Waals surface area (Å²) in [6, 6.07) is 0.532. The van der Waals surface area contributed by atoms with Gasteiger partial charge in [-0.1, -0.05) is 41.5 Å². The average Bonchev–Trinajstić information content (AvgIpc) is 1.89. The fourth-order valence-electron chi connectivity index (χ4n) is 3.85. The van der Waals surface area contributed by atoms with E-state index in [9.17, 15) is 0 Å². The molecule has 0 unspecified atom stereocenters. The Hall–Kier alpha value is -0.0400. The molecule has 1 heteroatoms. The summed E-state index contributed by atoms with van der Waals surface area (Å²) >= 11 is 0. The largest absolute Gasteiger partial charge is 0.290 e.